The predicted octanol–water partition coefficient (Wildman–Crippen LogP) is 2.63. The molecule has 2 rings (SSSR count). The van der Waals surface area contributed by atoms with Crippen LogP contribution in [0.15, 0.2) is 24.3 Å². The maximum atomic E-state index is 5.74. The SMILES string of the molecule is Cl.N[C@H]1C[C@H](Oc2ccc(Cl)cc2)C1. The van der Waals surface area contributed by atoms with Crippen molar-refractivity contribution in [2.45, 2.75) is 25.0 Å². The molecule has 0 atom stereocenters. The first-order valence-corrected chi connectivity index (χ1v) is 4.79. The summed E-state index contributed by atoms with van der Waals surface area (Å²) in [5.41, 5.74) is 5.65. The Balaban J connectivity index is 0.000000980. The van der Waals surface area contributed by atoms with Gasteiger partial charge >= 0.3 is 0 Å². The molecule has 78 valence electrons. The van der Waals surface area contributed by atoms with Crippen LogP contribution in [0.1, 0.15) is 12.8 Å². The molecule has 1 fully saturated rings. The molecule has 1 aliphatic rings. The number of ether oxygens (including phenoxy) is 1. The fourth-order valence-corrected chi connectivity index (χ4v) is 1.53. The van der Waals surface area contributed by atoms with Gasteiger partial charge in [0.15, 0.2) is 0 Å². The molecular weight excluding hydrogens is 221 g/mol. The van der Waals surface area contributed by atoms with Gasteiger partial charge in [0.25, 0.3) is 0 Å². The van der Waals surface area contributed by atoms with Crippen molar-refractivity contribution in [1.82, 2.24) is 0 Å². The Morgan fingerprint density at radius 2 is 1.79 bits per heavy atom. The van der Waals surface area contributed by atoms with Crippen molar-refractivity contribution >= 4 is 24.0 Å². The highest BCUT2D eigenvalue weighted by Crippen LogP contribution is 2.25. The third kappa shape index (κ3) is 2.77. The van der Waals surface area contributed by atoms with Gasteiger partial charge in [-0.1, -0.05) is 11.6 Å². The van der Waals surface area contributed by atoms with E-state index in [-0.39, 0.29) is 12.4 Å². The summed E-state index contributed by atoms with van der Waals surface area (Å²) < 4.78 is 5.64. The number of benzene rings is 1. The number of hydrogen-bond acceptors (Lipinski definition) is 2. The fraction of sp³-hybridized carbons (Fsp3) is 0.400. The highest BCUT2D eigenvalue weighted by atomic mass is 35.5. The molecule has 14 heavy (non-hydrogen) atoms. The first kappa shape index (κ1) is 11.6. The molecule has 0 amide bonds. The second kappa shape index (κ2) is 4.87. The Hall–Kier alpha value is -0.440. The average Bonchev–Trinajstić information content (AvgIpc) is 2.06. The monoisotopic (exact) mass is 233 g/mol. The van der Waals surface area contributed by atoms with E-state index in [9.17, 15) is 0 Å². The first-order chi connectivity index (χ1) is 6.24. The summed E-state index contributed by atoms with van der Waals surface area (Å²) in [7, 11) is 0. The summed E-state index contributed by atoms with van der Waals surface area (Å²) in [5, 5.41) is 0.734. The summed E-state index contributed by atoms with van der Waals surface area (Å²) in [6.07, 6.45) is 2.22. The predicted molar refractivity (Wildman–Crippen MR) is 60.3 cm³/mol. The van der Waals surface area contributed by atoms with Crippen LogP contribution in [0.25, 0.3) is 0 Å². The maximum absolute atomic E-state index is 5.74. The zero-order valence-electron chi connectivity index (χ0n) is 7.65. The van der Waals surface area contributed by atoms with Crippen LogP contribution >= 0.6 is 24.0 Å². The molecule has 0 radical (unpaired) electrons. The molecule has 0 bridgehead atoms. The standard InChI is InChI=1S/C10H12ClNO.ClH/c11-7-1-3-9(4-2-7)13-10-5-8(12)6-10;/h1-4,8,10H,5-6,12H2;1H/t8-,10-;. The third-order valence-corrected chi connectivity index (χ3v) is 2.50. The summed E-state index contributed by atoms with van der Waals surface area (Å²) in [6.45, 7) is 0. The fourth-order valence-electron chi connectivity index (χ4n) is 1.41. The molecule has 2 nitrogen and oxygen atoms in total. The smallest absolute Gasteiger partial charge is 0.119 e. The van der Waals surface area contributed by atoms with Gasteiger partial charge in [0.2, 0.25) is 0 Å². The van der Waals surface area contributed by atoms with E-state index in [0.29, 0.717) is 12.1 Å². The van der Waals surface area contributed by atoms with Crippen molar-refractivity contribution in [3.8, 4) is 5.75 Å². The van der Waals surface area contributed by atoms with Gasteiger partial charge in [-0.05, 0) is 37.1 Å². The minimum absolute atomic E-state index is 0. The maximum Gasteiger partial charge on any atom is 0.119 e. The molecule has 0 saturated heterocycles. The summed E-state index contributed by atoms with van der Waals surface area (Å²) in [5.74, 6) is 0.876. The van der Waals surface area contributed by atoms with Crippen LogP contribution in [-0.2, 0) is 0 Å². The molecular formula is C10H13Cl2NO. The van der Waals surface area contributed by atoms with Gasteiger partial charge in [-0.2, -0.15) is 0 Å². The Bertz CT molecular complexity index is 283. The first-order valence-electron chi connectivity index (χ1n) is 4.42. The highest BCUT2D eigenvalue weighted by Gasteiger charge is 2.27. The van der Waals surface area contributed by atoms with E-state index >= 15 is 0 Å². The largest absolute Gasteiger partial charge is 0.490 e. The molecule has 4 heteroatoms. The van der Waals surface area contributed by atoms with Crippen molar-refractivity contribution in [2.24, 2.45) is 5.73 Å². The molecule has 2 N–H and O–H groups in total. The van der Waals surface area contributed by atoms with E-state index in [0.717, 1.165) is 23.6 Å². The van der Waals surface area contributed by atoms with Crippen LogP contribution in [-0.4, -0.2) is 12.1 Å². The van der Waals surface area contributed by atoms with Gasteiger partial charge in [-0.25, -0.2) is 0 Å². The zero-order valence-corrected chi connectivity index (χ0v) is 9.22. The van der Waals surface area contributed by atoms with Gasteiger partial charge in [0, 0.05) is 11.1 Å². The van der Waals surface area contributed by atoms with Crippen LogP contribution < -0.4 is 10.5 Å². The number of rotatable bonds is 2. The highest BCUT2D eigenvalue weighted by molar-refractivity contribution is 6.30. The molecule has 0 aromatic heterocycles. The lowest BCUT2D eigenvalue weighted by Crippen LogP contribution is -2.43. The van der Waals surface area contributed by atoms with E-state index in [1.807, 2.05) is 24.3 Å². The van der Waals surface area contributed by atoms with Crippen molar-refractivity contribution < 1.29 is 4.74 Å². The van der Waals surface area contributed by atoms with Crippen molar-refractivity contribution in [1.29, 1.82) is 0 Å². The lowest BCUT2D eigenvalue weighted by Gasteiger charge is -2.32. The molecule has 1 aliphatic carbocycles. The Morgan fingerprint density at radius 1 is 1.21 bits per heavy atom. The van der Waals surface area contributed by atoms with Crippen molar-refractivity contribution in [3.05, 3.63) is 29.3 Å². The van der Waals surface area contributed by atoms with E-state index < -0.39 is 0 Å². The van der Waals surface area contributed by atoms with Crippen molar-refractivity contribution in [2.75, 3.05) is 0 Å². The van der Waals surface area contributed by atoms with E-state index in [4.69, 9.17) is 22.1 Å². The van der Waals surface area contributed by atoms with Crippen LogP contribution in [0.3, 0.4) is 0 Å². The Morgan fingerprint density at radius 3 is 2.29 bits per heavy atom. The number of halogens is 2. The van der Waals surface area contributed by atoms with Gasteiger partial charge < -0.3 is 10.5 Å². The van der Waals surface area contributed by atoms with Crippen LogP contribution in [0.5, 0.6) is 5.75 Å². The van der Waals surface area contributed by atoms with Crippen molar-refractivity contribution in [3.63, 3.8) is 0 Å². The van der Waals surface area contributed by atoms with Gasteiger partial charge in [0.1, 0.15) is 11.9 Å². The third-order valence-electron chi connectivity index (χ3n) is 2.25. The van der Waals surface area contributed by atoms with Gasteiger partial charge in [-0.3, -0.25) is 0 Å². The lowest BCUT2D eigenvalue weighted by atomic mass is 9.90. The van der Waals surface area contributed by atoms with E-state index in [1.165, 1.54) is 0 Å². The molecule has 0 spiro atoms. The van der Waals surface area contributed by atoms with Crippen LogP contribution in [0, 0.1) is 0 Å². The van der Waals surface area contributed by atoms with Gasteiger partial charge in [-0.15, -0.1) is 12.4 Å². The minimum Gasteiger partial charge on any atom is -0.490 e. The normalized spacial score (nSPS) is 24.7. The van der Waals surface area contributed by atoms with E-state index in [1.54, 1.807) is 0 Å². The molecule has 1 aromatic carbocycles. The Kier molecular flexibility index (Phi) is 4.05. The molecule has 0 unspecified atom stereocenters. The van der Waals surface area contributed by atoms with Gasteiger partial charge in [0.05, 0.1) is 0 Å². The molecule has 0 aliphatic heterocycles. The zero-order chi connectivity index (χ0) is 9.26. The molecule has 1 saturated carbocycles. The second-order valence-electron chi connectivity index (χ2n) is 3.43. The summed E-state index contributed by atoms with van der Waals surface area (Å²) in [6, 6.07) is 7.75. The quantitative estimate of drug-likeness (QED) is 0.853. The van der Waals surface area contributed by atoms with E-state index in [2.05, 4.69) is 0 Å². The number of nitrogens with two attached hydrogens (primary N) is 1. The Labute approximate surface area is 94.8 Å². The average molecular weight is 234 g/mol. The van der Waals surface area contributed by atoms with Crippen LogP contribution in [0.2, 0.25) is 5.02 Å². The molecule has 0 heterocycles. The number of hydrogen-bond donors (Lipinski definition) is 1. The summed E-state index contributed by atoms with van der Waals surface area (Å²) in [4.78, 5) is 0. The minimum atomic E-state index is 0. The van der Waals surface area contributed by atoms with Crippen LogP contribution in [0.4, 0.5) is 0 Å². The lowest BCUT2D eigenvalue weighted by molar-refractivity contribution is 0.101. The molecule has 1 aromatic rings. The summed E-state index contributed by atoms with van der Waals surface area (Å²) >= 11 is 5.74. The second-order valence-corrected chi connectivity index (χ2v) is 3.86. The topological polar surface area (TPSA) is 35.2 Å².